The van der Waals surface area contributed by atoms with E-state index in [2.05, 4.69) is 20.6 Å². The summed E-state index contributed by atoms with van der Waals surface area (Å²) < 4.78 is 32.4. The maximum absolute atomic E-state index is 12.8. The van der Waals surface area contributed by atoms with E-state index in [1.807, 2.05) is 49.4 Å². The maximum Gasteiger partial charge on any atom is 0.218 e. The van der Waals surface area contributed by atoms with E-state index in [1.165, 1.54) is 4.31 Å². The van der Waals surface area contributed by atoms with Crippen LogP contribution < -0.4 is 10.6 Å². The van der Waals surface area contributed by atoms with Crippen LogP contribution in [0.1, 0.15) is 23.7 Å². The van der Waals surface area contributed by atoms with E-state index >= 15 is 0 Å². The zero-order chi connectivity index (χ0) is 21.9. The SMILES string of the molecule is CCNC(=NCc1ccccc1CS(=O)(=O)N1CCOCC1)NCCc1ccccn1. The van der Waals surface area contributed by atoms with Crippen molar-refractivity contribution in [3.63, 3.8) is 0 Å². The van der Waals surface area contributed by atoms with Crippen LogP contribution in [0, 0.1) is 0 Å². The molecule has 2 N–H and O–H groups in total. The lowest BCUT2D eigenvalue weighted by atomic mass is 10.1. The number of benzene rings is 1. The van der Waals surface area contributed by atoms with Gasteiger partial charge in [0.1, 0.15) is 0 Å². The minimum Gasteiger partial charge on any atom is -0.379 e. The summed E-state index contributed by atoms with van der Waals surface area (Å²) >= 11 is 0. The number of nitrogens with one attached hydrogen (secondary N) is 2. The Kier molecular flexibility index (Phi) is 8.81. The first-order valence-corrected chi connectivity index (χ1v) is 12.2. The second-order valence-electron chi connectivity index (χ2n) is 7.23. The first kappa shape index (κ1) is 23.2. The number of hydrogen-bond acceptors (Lipinski definition) is 5. The van der Waals surface area contributed by atoms with E-state index < -0.39 is 10.0 Å². The zero-order valence-corrected chi connectivity index (χ0v) is 18.8. The van der Waals surface area contributed by atoms with E-state index in [0.29, 0.717) is 45.4 Å². The van der Waals surface area contributed by atoms with Crippen molar-refractivity contribution < 1.29 is 13.2 Å². The van der Waals surface area contributed by atoms with E-state index in [4.69, 9.17) is 4.74 Å². The molecule has 2 aromatic rings. The van der Waals surface area contributed by atoms with Crippen molar-refractivity contribution in [2.24, 2.45) is 4.99 Å². The van der Waals surface area contributed by atoms with E-state index in [-0.39, 0.29) is 5.75 Å². The Balaban J connectivity index is 1.63. The highest BCUT2D eigenvalue weighted by Crippen LogP contribution is 2.17. The van der Waals surface area contributed by atoms with Crippen LogP contribution in [0.25, 0.3) is 0 Å². The van der Waals surface area contributed by atoms with Crippen molar-refractivity contribution in [2.75, 3.05) is 39.4 Å². The lowest BCUT2D eigenvalue weighted by Crippen LogP contribution is -2.41. The minimum atomic E-state index is -3.39. The van der Waals surface area contributed by atoms with Crippen molar-refractivity contribution in [2.45, 2.75) is 25.6 Å². The smallest absolute Gasteiger partial charge is 0.218 e. The molecule has 0 amide bonds. The van der Waals surface area contributed by atoms with Gasteiger partial charge in [0.05, 0.1) is 25.5 Å². The molecule has 0 aliphatic carbocycles. The van der Waals surface area contributed by atoms with Gasteiger partial charge in [-0.25, -0.2) is 13.4 Å². The Morgan fingerprint density at radius 1 is 1.10 bits per heavy atom. The van der Waals surface area contributed by atoms with Crippen molar-refractivity contribution in [3.05, 3.63) is 65.5 Å². The van der Waals surface area contributed by atoms with Crippen LogP contribution in [0.3, 0.4) is 0 Å². The number of rotatable bonds is 9. The predicted molar refractivity (Wildman–Crippen MR) is 122 cm³/mol. The van der Waals surface area contributed by atoms with Gasteiger partial charge in [-0.3, -0.25) is 4.98 Å². The molecule has 0 bridgehead atoms. The molecule has 31 heavy (non-hydrogen) atoms. The van der Waals surface area contributed by atoms with Crippen LogP contribution in [0.15, 0.2) is 53.7 Å². The van der Waals surface area contributed by atoms with Gasteiger partial charge < -0.3 is 15.4 Å². The molecule has 1 saturated heterocycles. The van der Waals surface area contributed by atoms with E-state index in [0.717, 1.165) is 29.8 Å². The topological polar surface area (TPSA) is 95.9 Å². The molecule has 1 aromatic heterocycles. The van der Waals surface area contributed by atoms with Gasteiger partial charge in [-0.1, -0.05) is 30.3 Å². The Morgan fingerprint density at radius 3 is 2.55 bits per heavy atom. The third kappa shape index (κ3) is 7.30. The van der Waals surface area contributed by atoms with Crippen molar-refractivity contribution in [1.82, 2.24) is 19.9 Å². The fraction of sp³-hybridized carbons (Fsp3) is 0.455. The molecule has 2 heterocycles. The number of ether oxygens (including phenoxy) is 1. The van der Waals surface area contributed by atoms with Gasteiger partial charge in [0.15, 0.2) is 5.96 Å². The van der Waals surface area contributed by atoms with E-state index in [9.17, 15) is 8.42 Å². The molecule has 3 rings (SSSR count). The standard InChI is InChI=1S/C22H31N5O3S/c1-2-23-22(25-12-10-21-9-5-6-11-24-21)26-17-19-7-3-4-8-20(19)18-31(28,29)27-13-15-30-16-14-27/h3-9,11H,2,10,12-18H2,1H3,(H2,23,25,26). The van der Waals surface area contributed by atoms with Crippen LogP contribution >= 0.6 is 0 Å². The molecule has 168 valence electrons. The summed E-state index contributed by atoms with van der Waals surface area (Å²) in [5.41, 5.74) is 2.70. The molecular formula is C22H31N5O3S. The molecule has 1 fully saturated rings. The van der Waals surface area contributed by atoms with Gasteiger partial charge in [0.25, 0.3) is 0 Å². The fourth-order valence-electron chi connectivity index (χ4n) is 3.33. The van der Waals surface area contributed by atoms with Crippen LogP contribution in [-0.4, -0.2) is 63.1 Å². The Morgan fingerprint density at radius 2 is 1.84 bits per heavy atom. The molecule has 0 radical (unpaired) electrons. The summed E-state index contributed by atoms with van der Waals surface area (Å²) in [6.07, 6.45) is 2.58. The van der Waals surface area contributed by atoms with Gasteiger partial charge in [0, 0.05) is 44.5 Å². The average molecular weight is 446 g/mol. The largest absolute Gasteiger partial charge is 0.379 e. The summed E-state index contributed by atoms with van der Waals surface area (Å²) in [6.45, 7) is 5.56. The first-order valence-electron chi connectivity index (χ1n) is 10.6. The van der Waals surface area contributed by atoms with Crippen molar-refractivity contribution >= 4 is 16.0 Å². The van der Waals surface area contributed by atoms with Crippen molar-refractivity contribution in [3.8, 4) is 0 Å². The summed E-state index contributed by atoms with van der Waals surface area (Å²) in [5.74, 6) is 0.673. The van der Waals surface area contributed by atoms with Crippen LogP contribution in [-0.2, 0) is 33.5 Å². The number of morpholine rings is 1. The molecule has 1 aliphatic rings. The van der Waals surface area contributed by atoms with Gasteiger partial charge in [-0.2, -0.15) is 4.31 Å². The number of sulfonamides is 1. The molecular weight excluding hydrogens is 414 g/mol. The van der Waals surface area contributed by atoms with Gasteiger partial charge >= 0.3 is 0 Å². The summed E-state index contributed by atoms with van der Waals surface area (Å²) in [6, 6.07) is 13.5. The fourth-order valence-corrected chi connectivity index (χ4v) is 4.89. The van der Waals surface area contributed by atoms with E-state index in [1.54, 1.807) is 6.20 Å². The van der Waals surface area contributed by atoms with Crippen molar-refractivity contribution in [1.29, 1.82) is 0 Å². The van der Waals surface area contributed by atoms with Crippen LogP contribution in [0.4, 0.5) is 0 Å². The van der Waals surface area contributed by atoms with Crippen LogP contribution in [0.2, 0.25) is 0 Å². The Labute approximate surface area is 184 Å². The number of hydrogen-bond donors (Lipinski definition) is 2. The van der Waals surface area contributed by atoms with Gasteiger partial charge in [0.2, 0.25) is 10.0 Å². The summed E-state index contributed by atoms with van der Waals surface area (Å²) in [7, 11) is -3.39. The molecule has 0 unspecified atom stereocenters. The zero-order valence-electron chi connectivity index (χ0n) is 18.0. The number of guanidine groups is 1. The summed E-state index contributed by atoms with van der Waals surface area (Å²) in [5, 5.41) is 6.55. The monoisotopic (exact) mass is 445 g/mol. The number of pyridine rings is 1. The number of nitrogens with zero attached hydrogens (tertiary/aromatic N) is 3. The highest BCUT2D eigenvalue weighted by atomic mass is 32.2. The maximum atomic E-state index is 12.8. The Hall–Kier alpha value is -2.49. The molecule has 0 saturated carbocycles. The average Bonchev–Trinajstić information content (AvgIpc) is 2.79. The van der Waals surface area contributed by atoms with Gasteiger partial charge in [-0.15, -0.1) is 0 Å². The second kappa shape index (κ2) is 11.8. The van der Waals surface area contributed by atoms with Crippen LogP contribution in [0.5, 0.6) is 0 Å². The lowest BCUT2D eigenvalue weighted by Gasteiger charge is -2.26. The highest BCUT2D eigenvalue weighted by Gasteiger charge is 2.25. The molecule has 1 aromatic carbocycles. The lowest BCUT2D eigenvalue weighted by molar-refractivity contribution is 0.0729. The Bertz CT molecular complexity index is 945. The minimum absolute atomic E-state index is 0.0255. The molecule has 0 atom stereocenters. The second-order valence-corrected chi connectivity index (χ2v) is 9.20. The molecule has 0 spiro atoms. The van der Waals surface area contributed by atoms with Gasteiger partial charge in [-0.05, 0) is 30.2 Å². The first-order chi connectivity index (χ1) is 15.1. The molecule has 8 nitrogen and oxygen atoms in total. The number of aromatic nitrogens is 1. The third-order valence-corrected chi connectivity index (χ3v) is 6.80. The summed E-state index contributed by atoms with van der Waals surface area (Å²) in [4.78, 5) is 8.99. The predicted octanol–water partition coefficient (Wildman–Crippen LogP) is 1.54. The third-order valence-electron chi connectivity index (χ3n) is 4.97. The quantitative estimate of drug-likeness (QED) is 0.449. The number of aliphatic imine (C=N–C) groups is 1. The molecule has 9 heteroatoms. The molecule has 1 aliphatic heterocycles. The highest BCUT2D eigenvalue weighted by molar-refractivity contribution is 7.88. The normalized spacial score (nSPS) is 15.6.